The molecule has 0 aliphatic carbocycles. The molecular weight excluding hydrogens is 414 g/mol. The van der Waals surface area contributed by atoms with Gasteiger partial charge in [-0.15, -0.1) is 0 Å². The van der Waals surface area contributed by atoms with E-state index in [0.29, 0.717) is 29.4 Å². The molecule has 2 aromatic carbocycles. The highest BCUT2D eigenvalue weighted by Gasteiger charge is 2.20. The lowest BCUT2D eigenvalue weighted by Crippen LogP contribution is -2.23. The molecule has 0 aliphatic rings. The number of ether oxygens (including phenoxy) is 2. The number of carbonyl (C=O) groups excluding carboxylic acids is 1. The summed E-state index contributed by atoms with van der Waals surface area (Å²) in [4.78, 5) is 17.1. The molecule has 2 aromatic heterocycles. The van der Waals surface area contributed by atoms with Crippen molar-refractivity contribution in [3.8, 4) is 23.0 Å². The van der Waals surface area contributed by atoms with Crippen molar-refractivity contribution >= 4 is 29.0 Å². The van der Waals surface area contributed by atoms with Crippen LogP contribution in [0.15, 0.2) is 52.2 Å². The van der Waals surface area contributed by atoms with Crippen molar-refractivity contribution in [1.29, 1.82) is 0 Å². The van der Waals surface area contributed by atoms with Crippen LogP contribution in [-0.4, -0.2) is 45.7 Å². The van der Waals surface area contributed by atoms with Crippen LogP contribution in [0.1, 0.15) is 12.5 Å². The number of rotatable bonds is 8. The lowest BCUT2D eigenvalue weighted by atomic mass is 10.2. The number of imidazole rings is 1. The number of hydrogen-bond donors (Lipinski definition) is 2. The molecule has 0 bridgehead atoms. The molecule has 4 aromatic rings. The number of benzene rings is 2. The zero-order valence-electron chi connectivity index (χ0n) is 17.5. The molecule has 0 unspecified atom stereocenters. The topological polar surface area (TPSA) is 143 Å². The van der Waals surface area contributed by atoms with E-state index < -0.39 is 0 Å². The Morgan fingerprint density at radius 3 is 2.84 bits per heavy atom. The number of nitrogen functional groups attached to an aromatic ring is 1. The number of nitrogens with one attached hydrogen (secondary N) is 1. The van der Waals surface area contributed by atoms with Gasteiger partial charge in [0.2, 0.25) is 0 Å². The predicted molar refractivity (Wildman–Crippen MR) is 117 cm³/mol. The van der Waals surface area contributed by atoms with Gasteiger partial charge in [-0.2, -0.15) is 5.10 Å². The first kappa shape index (κ1) is 20.8. The third-order valence-electron chi connectivity index (χ3n) is 4.57. The van der Waals surface area contributed by atoms with Gasteiger partial charge < -0.3 is 19.8 Å². The quantitative estimate of drug-likeness (QED) is 0.317. The van der Waals surface area contributed by atoms with Crippen molar-refractivity contribution in [2.24, 2.45) is 5.10 Å². The third-order valence-corrected chi connectivity index (χ3v) is 4.57. The Hall–Kier alpha value is -4.41. The first-order chi connectivity index (χ1) is 15.6. The van der Waals surface area contributed by atoms with Gasteiger partial charge in [0.15, 0.2) is 28.8 Å². The number of aromatic nitrogens is 4. The van der Waals surface area contributed by atoms with E-state index in [-0.39, 0.29) is 24.0 Å². The molecule has 0 aliphatic heterocycles. The summed E-state index contributed by atoms with van der Waals surface area (Å²) in [6.45, 7) is 2.36. The monoisotopic (exact) mass is 435 g/mol. The van der Waals surface area contributed by atoms with Gasteiger partial charge in [0.25, 0.3) is 5.91 Å². The second-order valence-corrected chi connectivity index (χ2v) is 6.64. The summed E-state index contributed by atoms with van der Waals surface area (Å²) in [5, 5.41) is 11.4. The summed E-state index contributed by atoms with van der Waals surface area (Å²) in [6.07, 6.45) is 1.52. The highest BCUT2D eigenvalue weighted by Crippen LogP contribution is 2.28. The van der Waals surface area contributed by atoms with E-state index >= 15 is 0 Å². The van der Waals surface area contributed by atoms with Crippen LogP contribution in [0.2, 0.25) is 0 Å². The van der Waals surface area contributed by atoms with Crippen molar-refractivity contribution in [3.05, 3.63) is 48.0 Å². The largest absolute Gasteiger partial charge is 0.493 e. The van der Waals surface area contributed by atoms with Crippen molar-refractivity contribution in [3.63, 3.8) is 0 Å². The average molecular weight is 435 g/mol. The van der Waals surface area contributed by atoms with Crippen LogP contribution in [-0.2, 0) is 11.3 Å². The minimum Gasteiger partial charge on any atom is -0.493 e. The van der Waals surface area contributed by atoms with Crippen molar-refractivity contribution in [2.75, 3.05) is 19.5 Å². The number of methoxy groups -OCH3 is 1. The molecule has 0 spiro atoms. The first-order valence-electron chi connectivity index (χ1n) is 9.77. The number of amides is 1. The highest BCUT2D eigenvalue weighted by atomic mass is 16.6. The second kappa shape index (κ2) is 9.16. The number of hydrazone groups is 1. The highest BCUT2D eigenvalue weighted by molar-refractivity contribution is 5.86. The average Bonchev–Trinajstić information content (AvgIpc) is 3.38. The van der Waals surface area contributed by atoms with Crippen LogP contribution in [0.4, 0.5) is 5.82 Å². The van der Waals surface area contributed by atoms with Gasteiger partial charge in [-0.25, -0.2) is 15.0 Å². The second-order valence-electron chi connectivity index (χ2n) is 6.64. The number of carbonyl (C=O) groups is 1. The van der Waals surface area contributed by atoms with Crippen molar-refractivity contribution in [1.82, 2.24) is 25.3 Å². The lowest BCUT2D eigenvalue weighted by molar-refractivity contribution is -0.121. The van der Waals surface area contributed by atoms with Crippen LogP contribution in [0.5, 0.6) is 11.5 Å². The van der Waals surface area contributed by atoms with E-state index in [1.165, 1.54) is 6.21 Å². The van der Waals surface area contributed by atoms with Gasteiger partial charge in [0.1, 0.15) is 6.54 Å². The maximum Gasteiger partial charge on any atom is 0.260 e. The number of anilines is 1. The van der Waals surface area contributed by atoms with Crippen LogP contribution in [0.25, 0.3) is 22.6 Å². The fourth-order valence-corrected chi connectivity index (χ4v) is 3.16. The van der Waals surface area contributed by atoms with Crippen LogP contribution in [0, 0.1) is 0 Å². The van der Waals surface area contributed by atoms with E-state index in [2.05, 4.69) is 25.8 Å². The van der Waals surface area contributed by atoms with Crippen molar-refractivity contribution in [2.45, 2.75) is 13.5 Å². The van der Waals surface area contributed by atoms with Gasteiger partial charge in [-0.05, 0) is 53.1 Å². The molecule has 0 radical (unpaired) electrons. The molecule has 11 nitrogen and oxygen atoms in total. The Morgan fingerprint density at radius 1 is 1.25 bits per heavy atom. The Kier molecular flexibility index (Phi) is 5.97. The van der Waals surface area contributed by atoms with E-state index in [4.69, 9.17) is 19.8 Å². The van der Waals surface area contributed by atoms with E-state index in [0.717, 1.165) is 11.1 Å². The molecule has 32 heavy (non-hydrogen) atoms. The summed E-state index contributed by atoms with van der Waals surface area (Å²) in [5.41, 5.74) is 10.8. The SMILES string of the molecule is CCOc1ccc(/C=N\NC(=O)Cn2c(-c3nonc3N)nc3ccccc32)cc1OC. The van der Waals surface area contributed by atoms with Crippen molar-refractivity contribution < 1.29 is 18.9 Å². The molecule has 0 saturated heterocycles. The smallest absolute Gasteiger partial charge is 0.260 e. The molecule has 11 heteroatoms. The molecule has 2 heterocycles. The van der Waals surface area contributed by atoms with E-state index in [9.17, 15) is 4.79 Å². The molecule has 0 fully saturated rings. The van der Waals surface area contributed by atoms with E-state index in [1.54, 1.807) is 23.8 Å². The maximum absolute atomic E-state index is 12.6. The van der Waals surface area contributed by atoms with E-state index in [1.807, 2.05) is 37.3 Å². The molecule has 4 rings (SSSR count). The number of nitrogens with two attached hydrogens (primary N) is 1. The van der Waals surface area contributed by atoms with Gasteiger partial charge in [-0.3, -0.25) is 4.79 Å². The number of para-hydroxylation sites is 2. The summed E-state index contributed by atoms with van der Waals surface area (Å²) in [7, 11) is 1.56. The number of hydrogen-bond acceptors (Lipinski definition) is 9. The number of fused-ring (bicyclic) bond motifs is 1. The molecular formula is C21H21N7O4. The van der Waals surface area contributed by atoms with Gasteiger partial charge in [0, 0.05) is 0 Å². The number of nitrogens with zero attached hydrogens (tertiary/aromatic N) is 5. The summed E-state index contributed by atoms with van der Waals surface area (Å²) in [5.74, 6) is 1.32. The standard InChI is InChI=1S/C21H21N7O4/c1-3-31-16-9-8-13(10-17(16)30-2)11-23-25-18(29)12-28-15-7-5-4-6-14(15)24-21(28)19-20(22)27-32-26-19/h4-11H,3,12H2,1-2H3,(H2,22,27)(H,25,29)/b23-11-. The zero-order chi connectivity index (χ0) is 22.5. The molecule has 0 saturated carbocycles. The Labute approximate surface area is 182 Å². The van der Waals surface area contributed by atoms with Gasteiger partial charge >= 0.3 is 0 Å². The predicted octanol–water partition coefficient (Wildman–Crippen LogP) is 2.23. The summed E-state index contributed by atoms with van der Waals surface area (Å²) in [6, 6.07) is 12.7. The maximum atomic E-state index is 12.6. The molecule has 0 atom stereocenters. The molecule has 164 valence electrons. The van der Waals surface area contributed by atoms with Crippen LogP contribution in [0.3, 0.4) is 0 Å². The Morgan fingerprint density at radius 2 is 2.09 bits per heavy atom. The minimum atomic E-state index is -0.362. The summed E-state index contributed by atoms with van der Waals surface area (Å²) >= 11 is 0. The van der Waals surface area contributed by atoms with Gasteiger partial charge in [0.05, 0.1) is 31.0 Å². The molecule has 3 N–H and O–H groups in total. The Bertz CT molecular complexity index is 1280. The van der Waals surface area contributed by atoms with Crippen LogP contribution < -0.4 is 20.6 Å². The minimum absolute atomic E-state index is 0.0634. The normalized spacial score (nSPS) is 11.2. The van der Waals surface area contributed by atoms with Gasteiger partial charge in [-0.1, -0.05) is 12.1 Å². The lowest BCUT2D eigenvalue weighted by Gasteiger charge is -2.09. The fourth-order valence-electron chi connectivity index (χ4n) is 3.16. The summed E-state index contributed by atoms with van der Waals surface area (Å²) < 4.78 is 17.2. The zero-order valence-corrected chi connectivity index (χ0v) is 17.5. The van der Waals surface area contributed by atoms with Crippen LogP contribution >= 0.6 is 0 Å². The third kappa shape index (κ3) is 4.21. The fraction of sp³-hybridized carbons (Fsp3) is 0.190. The molecule has 1 amide bonds. The first-order valence-corrected chi connectivity index (χ1v) is 9.77. The Balaban J connectivity index is 1.52.